The van der Waals surface area contributed by atoms with Crippen molar-refractivity contribution in [1.29, 1.82) is 0 Å². The first kappa shape index (κ1) is 17.8. The van der Waals surface area contributed by atoms with Crippen LogP contribution in [0.2, 0.25) is 0 Å². The van der Waals surface area contributed by atoms with E-state index in [0.717, 1.165) is 17.4 Å². The van der Waals surface area contributed by atoms with E-state index >= 15 is 0 Å². The molecule has 2 aromatic rings. The highest BCUT2D eigenvalue weighted by atomic mass is 32.1. The first-order chi connectivity index (χ1) is 12.0. The first-order valence-electron chi connectivity index (χ1n) is 8.53. The number of amides is 1. The summed E-state index contributed by atoms with van der Waals surface area (Å²) in [5, 5.41) is 2.97. The Kier molecular flexibility index (Phi) is 5.34. The lowest BCUT2D eigenvalue weighted by atomic mass is 10.2. The fraction of sp³-hybridized carbons (Fsp3) is 0.444. The second kappa shape index (κ2) is 7.49. The number of aromatic nitrogens is 1. The van der Waals surface area contributed by atoms with Gasteiger partial charge in [-0.1, -0.05) is 0 Å². The third kappa shape index (κ3) is 4.16. The molecule has 134 valence electrons. The molecule has 2 N–H and O–H groups in total. The molecule has 0 radical (unpaired) electrons. The van der Waals surface area contributed by atoms with E-state index < -0.39 is 6.04 Å². The van der Waals surface area contributed by atoms with Crippen molar-refractivity contribution in [2.75, 3.05) is 16.3 Å². The fourth-order valence-electron chi connectivity index (χ4n) is 2.76. The standard InChI is InChI=1S/C18H23FN4OS/c1-3-22(15-8-9-15)18-21-14(11-25-18)10-23(17(24)12(2)20)16-6-4-13(19)5-7-16/h4-7,11-12,15H,3,8-10,20H2,1-2H3/t12-/m1/s1. The molecule has 0 spiro atoms. The Morgan fingerprint density at radius 2 is 2.08 bits per heavy atom. The predicted molar refractivity (Wildman–Crippen MR) is 99.4 cm³/mol. The summed E-state index contributed by atoms with van der Waals surface area (Å²) in [6.45, 7) is 5.03. The van der Waals surface area contributed by atoms with Crippen LogP contribution in [0, 0.1) is 5.82 Å². The lowest BCUT2D eigenvalue weighted by Crippen LogP contribution is -2.42. The molecule has 1 aliphatic rings. The minimum atomic E-state index is -0.637. The van der Waals surface area contributed by atoms with Crippen molar-refractivity contribution >= 4 is 28.1 Å². The minimum Gasteiger partial charge on any atom is -0.345 e. The molecule has 0 unspecified atom stereocenters. The van der Waals surface area contributed by atoms with Crippen LogP contribution in [-0.2, 0) is 11.3 Å². The normalized spacial score (nSPS) is 15.0. The second-order valence-electron chi connectivity index (χ2n) is 6.33. The number of rotatable bonds is 7. The highest BCUT2D eigenvalue weighted by Crippen LogP contribution is 2.33. The average Bonchev–Trinajstić information content (AvgIpc) is 3.32. The summed E-state index contributed by atoms with van der Waals surface area (Å²) in [5.74, 6) is -0.549. The minimum absolute atomic E-state index is 0.212. The van der Waals surface area contributed by atoms with E-state index in [9.17, 15) is 9.18 Å². The molecule has 5 nitrogen and oxygen atoms in total. The van der Waals surface area contributed by atoms with Gasteiger partial charge in [0.05, 0.1) is 18.3 Å². The topological polar surface area (TPSA) is 62.5 Å². The van der Waals surface area contributed by atoms with Crippen molar-refractivity contribution in [3.8, 4) is 0 Å². The van der Waals surface area contributed by atoms with E-state index in [0.29, 0.717) is 18.3 Å². The molecular weight excluding hydrogens is 339 g/mol. The van der Waals surface area contributed by atoms with Crippen molar-refractivity contribution in [1.82, 2.24) is 4.98 Å². The van der Waals surface area contributed by atoms with Gasteiger partial charge in [0.15, 0.2) is 5.13 Å². The number of nitrogens with two attached hydrogens (primary N) is 1. The number of nitrogens with zero attached hydrogens (tertiary/aromatic N) is 3. The van der Waals surface area contributed by atoms with Crippen LogP contribution in [0.5, 0.6) is 0 Å². The average molecular weight is 362 g/mol. The molecule has 1 amide bonds. The Morgan fingerprint density at radius 3 is 2.64 bits per heavy atom. The molecule has 0 saturated heterocycles. The smallest absolute Gasteiger partial charge is 0.243 e. The quantitative estimate of drug-likeness (QED) is 0.822. The first-order valence-corrected chi connectivity index (χ1v) is 9.41. The van der Waals surface area contributed by atoms with Gasteiger partial charge in [0, 0.05) is 23.7 Å². The highest BCUT2D eigenvalue weighted by molar-refractivity contribution is 7.13. The maximum atomic E-state index is 13.2. The van der Waals surface area contributed by atoms with Crippen LogP contribution < -0.4 is 15.5 Å². The van der Waals surface area contributed by atoms with Crippen LogP contribution in [-0.4, -0.2) is 29.5 Å². The van der Waals surface area contributed by atoms with Gasteiger partial charge < -0.3 is 15.5 Å². The van der Waals surface area contributed by atoms with Gasteiger partial charge in [-0.05, 0) is 51.0 Å². The Labute approximate surface area is 151 Å². The third-order valence-electron chi connectivity index (χ3n) is 4.23. The lowest BCUT2D eigenvalue weighted by molar-refractivity contribution is -0.119. The maximum absolute atomic E-state index is 13.2. The Bertz CT molecular complexity index is 727. The molecule has 3 rings (SSSR count). The van der Waals surface area contributed by atoms with Crippen molar-refractivity contribution in [3.63, 3.8) is 0 Å². The molecule has 1 aromatic heterocycles. The van der Waals surface area contributed by atoms with E-state index in [1.807, 2.05) is 5.38 Å². The number of benzene rings is 1. The maximum Gasteiger partial charge on any atom is 0.243 e. The van der Waals surface area contributed by atoms with Gasteiger partial charge in [0.25, 0.3) is 0 Å². The van der Waals surface area contributed by atoms with Gasteiger partial charge in [-0.25, -0.2) is 9.37 Å². The Hall–Kier alpha value is -1.99. The molecule has 0 aliphatic heterocycles. The molecule has 1 atom stereocenters. The van der Waals surface area contributed by atoms with Gasteiger partial charge in [0.2, 0.25) is 5.91 Å². The molecule has 25 heavy (non-hydrogen) atoms. The van der Waals surface area contributed by atoms with Crippen molar-refractivity contribution in [2.45, 2.75) is 45.3 Å². The van der Waals surface area contributed by atoms with Crippen LogP contribution in [0.15, 0.2) is 29.6 Å². The SMILES string of the molecule is CCN(c1nc(CN(C(=O)[C@@H](C)N)c2ccc(F)cc2)cs1)C1CC1. The summed E-state index contributed by atoms with van der Waals surface area (Å²) in [7, 11) is 0. The molecule has 7 heteroatoms. The molecule has 1 fully saturated rings. The number of carbonyl (C=O) groups excluding carboxylic acids is 1. The van der Waals surface area contributed by atoms with Crippen LogP contribution in [0.4, 0.5) is 15.2 Å². The number of thiazole rings is 1. The fourth-order valence-corrected chi connectivity index (χ4v) is 3.71. The van der Waals surface area contributed by atoms with Gasteiger partial charge >= 0.3 is 0 Å². The van der Waals surface area contributed by atoms with Gasteiger partial charge in [-0.2, -0.15) is 0 Å². The summed E-state index contributed by atoms with van der Waals surface area (Å²) in [6, 6.07) is 5.82. The number of carbonyl (C=O) groups is 1. The van der Waals surface area contributed by atoms with Crippen molar-refractivity contribution < 1.29 is 9.18 Å². The molecule has 1 aliphatic carbocycles. The summed E-state index contributed by atoms with van der Waals surface area (Å²) in [6.07, 6.45) is 2.43. The van der Waals surface area contributed by atoms with E-state index in [2.05, 4.69) is 11.8 Å². The summed E-state index contributed by atoms with van der Waals surface area (Å²) in [4.78, 5) is 21.1. The van der Waals surface area contributed by atoms with Gasteiger partial charge in [-0.3, -0.25) is 4.79 Å². The Morgan fingerprint density at radius 1 is 1.40 bits per heavy atom. The second-order valence-corrected chi connectivity index (χ2v) is 7.16. The monoisotopic (exact) mass is 362 g/mol. The molecule has 1 aromatic carbocycles. The van der Waals surface area contributed by atoms with Crippen molar-refractivity contribution in [2.24, 2.45) is 5.73 Å². The van der Waals surface area contributed by atoms with E-state index in [4.69, 9.17) is 10.7 Å². The van der Waals surface area contributed by atoms with Crippen LogP contribution in [0.25, 0.3) is 0 Å². The zero-order chi connectivity index (χ0) is 18.0. The number of hydrogen-bond donors (Lipinski definition) is 1. The van der Waals surface area contributed by atoms with Crippen molar-refractivity contribution in [3.05, 3.63) is 41.2 Å². The predicted octanol–water partition coefficient (Wildman–Crippen LogP) is 3.15. The molecule has 1 saturated carbocycles. The summed E-state index contributed by atoms with van der Waals surface area (Å²) in [5.41, 5.74) is 7.22. The lowest BCUT2D eigenvalue weighted by Gasteiger charge is -2.24. The van der Waals surface area contributed by atoms with E-state index in [1.165, 1.54) is 25.0 Å². The zero-order valence-electron chi connectivity index (χ0n) is 14.5. The van der Waals surface area contributed by atoms with E-state index in [-0.39, 0.29) is 11.7 Å². The Balaban J connectivity index is 1.81. The summed E-state index contributed by atoms with van der Waals surface area (Å²) >= 11 is 1.60. The third-order valence-corrected chi connectivity index (χ3v) is 5.15. The molecular formula is C18H23FN4OS. The molecule has 1 heterocycles. The molecule has 0 bridgehead atoms. The summed E-state index contributed by atoms with van der Waals surface area (Å²) < 4.78 is 13.2. The number of anilines is 2. The van der Waals surface area contributed by atoms with Crippen LogP contribution in [0.1, 0.15) is 32.4 Å². The highest BCUT2D eigenvalue weighted by Gasteiger charge is 2.30. The van der Waals surface area contributed by atoms with Gasteiger partial charge in [0.1, 0.15) is 5.82 Å². The van der Waals surface area contributed by atoms with Gasteiger partial charge in [-0.15, -0.1) is 11.3 Å². The van der Waals surface area contributed by atoms with Crippen LogP contribution >= 0.6 is 11.3 Å². The zero-order valence-corrected chi connectivity index (χ0v) is 15.3. The van der Waals surface area contributed by atoms with Crippen LogP contribution in [0.3, 0.4) is 0 Å². The number of halogens is 1. The number of hydrogen-bond acceptors (Lipinski definition) is 5. The largest absolute Gasteiger partial charge is 0.345 e. The van der Waals surface area contributed by atoms with E-state index in [1.54, 1.807) is 35.3 Å².